The molecule has 1 atom stereocenters. The minimum Gasteiger partial charge on any atom is -0.424 e. The summed E-state index contributed by atoms with van der Waals surface area (Å²) in [5.74, 6) is 2.99. The highest BCUT2D eigenvalue weighted by Gasteiger charge is 2.33. The van der Waals surface area contributed by atoms with Crippen LogP contribution in [-0.4, -0.2) is 46.3 Å². The third kappa shape index (κ3) is 2.76. The summed E-state index contributed by atoms with van der Waals surface area (Å²) < 4.78 is 11.4. The molecule has 2 aromatic rings. The molecule has 1 aliphatic heterocycles. The van der Waals surface area contributed by atoms with Crippen LogP contribution in [0.5, 0.6) is 0 Å². The molecule has 0 spiro atoms. The van der Waals surface area contributed by atoms with E-state index in [1.165, 1.54) is 0 Å². The molecule has 1 saturated heterocycles. The third-order valence-electron chi connectivity index (χ3n) is 4.71. The Bertz CT molecular complexity index is 764. The molecular formula is C16H20N6O2. The lowest BCUT2D eigenvalue weighted by molar-refractivity contribution is 0.170. The standard InChI is InChI=1S/C16H20N6O2/c1-10(14-20-19-11(2)23-14)21-5-7-22(8-6-21)16-13(9-17)18-15(24-16)12-3-4-12/h10,12H,3-8H2,1-2H3/t10-/m0/s1. The molecule has 2 aliphatic rings. The van der Waals surface area contributed by atoms with Crippen molar-refractivity contribution < 1.29 is 8.83 Å². The number of hydrogen-bond donors (Lipinski definition) is 0. The van der Waals surface area contributed by atoms with Gasteiger partial charge in [0, 0.05) is 39.0 Å². The van der Waals surface area contributed by atoms with Crippen molar-refractivity contribution in [2.45, 2.75) is 38.6 Å². The van der Waals surface area contributed by atoms with E-state index < -0.39 is 0 Å². The second kappa shape index (κ2) is 5.91. The number of piperazine rings is 1. The lowest BCUT2D eigenvalue weighted by Gasteiger charge is -2.36. The average Bonchev–Trinajstić information content (AvgIpc) is 3.22. The number of nitrogens with zero attached hydrogens (tertiary/aromatic N) is 6. The minimum absolute atomic E-state index is 0.0838. The Labute approximate surface area is 140 Å². The van der Waals surface area contributed by atoms with Gasteiger partial charge in [-0.3, -0.25) is 4.90 Å². The van der Waals surface area contributed by atoms with Gasteiger partial charge in [-0.1, -0.05) is 0 Å². The van der Waals surface area contributed by atoms with Gasteiger partial charge in [-0.15, -0.1) is 10.2 Å². The zero-order chi connectivity index (χ0) is 16.7. The molecule has 4 rings (SSSR count). The molecule has 0 amide bonds. The maximum absolute atomic E-state index is 9.32. The zero-order valence-corrected chi connectivity index (χ0v) is 13.9. The van der Waals surface area contributed by atoms with Gasteiger partial charge in [-0.25, -0.2) is 4.98 Å². The summed E-state index contributed by atoms with van der Waals surface area (Å²) in [5.41, 5.74) is 0.408. The van der Waals surface area contributed by atoms with E-state index in [0.29, 0.717) is 29.3 Å². The van der Waals surface area contributed by atoms with Crippen molar-refractivity contribution in [2.24, 2.45) is 0 Å². The number of nitriles is 1. The van der Waals surface area contributed by atoms with Crippen LogP contribution >= 0.6 is 0 Å². The number of rotatable bonds is 4. The predicted molar refractivity (Wildman–Crippen MR) is 84.4 cm³/mol. The summed E-state index contributed by atoms with van der Waals surface area (Å²) in [5, 5.41) is 17.3. The summed E-state index contributed by atoms with van der Waals surface area (Å²) in [6.07, 6.45) is 2.22. The Hall–Kier alpha value is -2.40. The molecular weight excluding hydrogens is 308 g/mol. The average molecular weight is 328 g/mol. The quantitative estimate of drug-likeness (QED) is 0.841. The number of aryl methyl sites for hydroxylation is 1. The predicted octanol–water partition coefficient (Wildman–Crippen LogP) is 2.00. The Kier molecular flexibility index (Phi) is 3.73. The van der Waals surface area contributed by atoms with E-state index in [-0.39, 0.29) is 6.04 Å². The van der Waals surface area contributed by atoms with E-state index in [1.807, 2.05) is 0 Å². The zero-order valence-electron chi connectivity index (χ0n) is 13.9. The molecule has 2 fully saturated rings. The molecule has 8 heteroatoms. The van der Waals surface area contributed by atoms with Crippen LogP contribution in [0.25, 0.3) is 0 Å². The maximum atomic E-state index is 9.32. The molecule has 3 heterocycles. The van der Waals surface area contributed by atoms with Crippen LogP contribution in [0.15, 0.2) is 8.83 Å². The van der Waals surface area contributed by atoms with Crippen molar-refractivity contribution in [3.63, 3.8) is 0 Å². The first-order valence-electron chi connectivity index (χ1n) is 8.35. The van der Waals surface area contributed by atoms with E-state index in [4.69, 9.17) is 8.83 Å². The Balaban J connectivity index is 1.43. The molecule has 1 saturated carbocycles. The van der Waals surface area contributed by atoms with Crippen LogP contribution in [0.2, 0.25) is 0 Å². The van der Waals surface area contributed by atoms with Crippen molar-refractivity contribution >= 4 is 5.88 Å². The lowest BCUT2D eigenvalue weighted by atomic mass is 10.2. The summed E-state index contributed by atoms with van der Waals surface area (Å²) in [6, 6.07) is 2.25. The van der Waals surface area contributed by atoms with E-state index in [9.17, 15) is 5.26 Å². The highest BCUT2D eigenvalue weighted by Crippen LogP contribution is 2.41. The van der Waals surface area contributed by atoms with Gasteiger partial charge in [0.2, 0.25) is 29.3 Å². The van der Waals surface area contributed by atoms with Gasteiger partial charge >= 0.3 is 0 Å². The highest BCUT2D eigenvalue weighted by atomic mass is 16.4. The van der Waals surface area contributed by atoms with Crippen LogP contribution in [0.1, 0.15) is 55.1 Å². The van der Waals surface area contributed by atoms with Crippen molar-refractivity contribution in [1.29, 1.82) is 5.26 Å². The summed E-state index contributed by atoms with van der Waals surface area (Å²) in [4.78, 5) is 8.76. The summed E-state index contributed by atoms with van der Waals surface area (Å²) in [7, 11) is 0. The SMILES string of the molecule is Cc1nnc([C@H](C)N2CCN(c3oc(C4CC4)nc3C#N)CC2)o1. The first-order valence-corrected chi connectivity index (χ1v) is 8.35. The smallest absolute Gasteiger partial charge is 0.234 e. The second-order valence-electron chi connectivity index (χ2n) is 6.45. The van der Waals surface area contributed by atoms with Crippen molar-refractivity contribution in [1.82, 2.24) is 20.1 Å². The number of oxazole rings is 1. The Morgan fingerprint density at radius 2 is 1.92 bits per heavy atom. The summed E-state index contributed by atoms with van der Waals surface area (Å²) >= 11 is 0. The van der Waals surface area contributed by atoms with Gasteiger partial charge in [0.25, 0.3) is 0 Å². The van der Waals surface area contributed by atoms with Crippen molar-refractivity contribution in [3.8, 4) is 6.07 Å². The summed E-state index contributed by atoms with van der Waals surface area (Å²) in [6.45, 7) is 7.12. The molecule has 0 unspecified atom stereocenters. The lowest BCUT2D eigenvalue weighted by Crippen LogP contribution is -2.47. The van der Waals surface area contributed by atoms with E-state index >= 15 is 0 Å². The maximum Gasteiger partial charge on any atom is 0.234 e. The first kappa shape index (κ1) is 15.1. The van der Waals surface area contributed by atoms with Crippen LogP contribution in [0, 0.1) is 18.3 Å². The molecule has 0 aromatic carbocycles. The van der Waals surface area contributed by atoms with Gasteiger partial charge in [0.05, 0.1) is 6.04 Å². The molecule has 0 N–H and O–H groups in total. The topological polar surface area (TPSA) is 95.2 Å². The fraction of sp³-hybridized carbons (Fsp3) is 0.625. The molecule has 24 heavy (non-hydrogen) atoms. The van der Waals surface area contributed by atoms with Crippen LogP contribution in [-0.2, 0) is 0 Å². The van der Waals surface area contributed by atoms with E-state index in [0.717, 1.165) is 44.9 Å². The Morgan fingerprint density at radius 1 is 1.17 bits per heavy atom. The Morgan fingerprint density at radius 3 is 2.50 bits per heavy atom. The van der Waals surface area contributed by atoms with E-state index in [2.05, 4.69) is 38.0 Å². The van der Waals surface area contributed by atoms with Gasteiger partial charge in [-0.05, 0) is 19.8 Å². The molecule has 0 bridgehead atoms. The van der Waals surface area contributed by atoms with Gasteiger partial charge in [0.1, 0.15) is 6.07 Å². The van der Waals surface area contributed by atoms with Gasteiger partial charge < -0.3 is 13.7 Å². The monoisotopic (exact) mass is 328 g/mol. The largest absolute Gasteiger partial charge is 0.424 e. The minimum atomic E-state index is 0.0838. The van der Waals surface area contributed by atoms with Crippen LogP contribution in [0.4, 0.5) is 5.88 Å². The normalized spacial score (nSPS) is 20.1. The third-order valence-corrected chi connectivity index (χ3v) is 4.71. The van der Waals surface area contributed by atoms with Crippen molar-refractivity contribution in [3.05, 3.63) is 23.4 Å². The molecule has 126 valence electrons. The molecule has 0 radical (unpaired) electrons. The molecule has 8 nitrogen and oxygen atoms in total. The second-order valence-corrected chi connectivity index (χ2v) is 6.45. The number of aromatic nitrogens is 3. The highest BCUT2D eigenvalue weighted by molar-refractivity contribution is 5.48. The van der Waals surface area contributed by atoms with Gasteiger partial charge in [0.15, 0.2) is 0 Å². The first-order chi connectivity index (χ1) is 11.7. The van der Waals surface area contributed by atoms with Crippen molar-refractivity contribution in [2.75, 3.05) is 31.1 Å². The van der Waals surface area contributed by atoms with Gasteiger partial charge in [-0.2, -0.15) is 5.26 Å². The number of anilines is 1. The van der Waals surface area contributed by atoms with Crippen LogP contribution in [0.3, 0.4) is 0 Å². The fourth-order valence-corrected chi connectivity index (χ4v) is 3.07. The number of hydrogen-bond acceptors (Lipinski definition) is 8. The molecule has 1 aliphatic carbocycles. The molecule has 2 aromatic heterocycles. The van der Waals surface area contributed by atoms with E-state index in [1.54, 1.807) is 6.92 Å². The fourth-order valence-electron chi connectivity index (χ4n) is 3.07. The van der Waals surface area contributed by atoms with Crippen LogP contribution < -0.4 is 4.90 Å².